The Labute approximate surface area is 57.4 Å². The summed E-state index contributed by atoms with van der Waals surface area (Å²) < 4.78 is 0. The quantitative estimate of drug-likeness (QED) is 0.459. The minimum absolute atomic E-state index is 0. The normalized spacial score (nSPS) is 15.9. The average molecular weight is 150 g/mol. The Morgan fingerprint density at radius 1 is 1.57 bits per heavy atom. The summed E-state index contributed by atoms with van der Waals surface area (Å²) in [6, 6.07) is 0. The number of hydrogen-bond donors (Lipinski definition) is 0. The zero-order valence-corrected chi connectivity index (χ0v) is 6.94. The Hall–Kier alpha value is 0.116. The van der Waals surface area contributed by atoms with Gasteiger partial charge in [0.2, 0.25) is 0 Å². The van der Waals surface area contributed by atoms with Gasteiger partial charge in [0, 0.05) is 19.8 Å². The van der Waals surface area contributed by atoms with Crippen LogP contribution in [0.1, 0.15) is 13.3 Å². The molecule has 7 heavy (non-hydrogen) atoms. The molecule has 0 aromatic rings. The van der Waals surface area contributed by atoms with Crippen LogP contribution in [0.5, 0.6) is 0 Å². The van der Waals surface area contributed by atoms with E-state index in [9.17, 15) is 0 Å². The molecule has 1 rings (SSSR count). The van der Waals surface area contributed by atoms with Gasteiger partial charge in [-0.25, -0.2) is 0 Å². The van der Waals surface area contributed by atoms with E-state index in [0.717, 1.165) is 0 Å². The van der Waals surface area contributed by atoms with Gasteiger partial charge in [-0.05, 0) is 13.3 Å². The largest absolute Gasteiger partial charge is 0.0805 e. The van der Waals surface area contributed by atoms with Gasteiger partial charge in [0.15, 0.2) is 0 Å². The molecule has 0 spiro atoms. The van der Waals surface area contributed by atoms with Crippen LogP contribution in [0.2, 0.25) is 0 Å². The third-order valence-electron chi connectivity index (χ3n) is 0.957. The van der Waals surface area contributed by atoms with Crippen LogP contribution >= 0.6 is 0 Å². The zero-order valence-electron chi connectivity index (χ0n) is 4.52. The summed E-state index contributed by atoms with van der Waals surface area (Å²) in [5.74, 6) is 0. The molecule has 0 aromatic carbocycles. The maximum Gasteiger partial charge on any atom is 0 e. The Morgan fingerprint density at radius 2 is 2.29 bits per heavy atom. The first-order chi connectivity index (χ1) is 2.89. The summed E-state index contributed by atoms with van der Waals surface area (Å²) in [5, 5.41) is 0. The van der Waals surface area contributed by atoms with Crippen LogP contribution in [-0.4, -0.2) is 19.8 Å². The molecule has 0 amide bonds. The molecule has 0 aliphatic heterocycles. The van der Waals surface area contributed by atoms with Crippen molar-refractivity contribution in [1.82, 2.24) is 0 Å². The second kappa shape index (κ2) is 3.16. The topological polar surface area (TPSA) is 0 Å². The van der Waals surface area contributed by atoms with Gasteiger partial charge in [-0.1, -0.05) is 23.8 Å². The van der Waals surface area contributed by atoms with Gasteiger partial charge in [-0.3, -0.25) is 0 Å². The van der Waals surface area contributed by atoms with Crippen LogP contribution in [0.4, 0.5) is 0 Å². The summed E-state index contributed by atoms with van der Waals surface area (Å²) in [4.78, 5) is 0. The molecule has 0 N–H and O–H groups in total. The van der Waals surface area contributed by atoms with E-state index in [0.29, 0.717) is 0 Å². The van der Waals surface area contributed by atoms with Gasteiger partial charge < -0.3 is 0 Å². The molecule has 0 saturated heterocycles. The Bertz CT molecular complexity index is 101. The minimum atomic E-state index is 0. The molecule has 35 valence electrons. The third-order valence-corrected chi connectivity index (χ3v) is 0.957. The molecule has 0 heterocycles. The first-order valence-corrected chi connectivity index (χ1v) is 2.22. The first-order valence-electron chi connectivity index (χ1n) is 2.22. The molecule has 3 radical (unpaired) electrons. The molecular formula is C6H8Ga. The number of allylic oxidation sites excluding steroid dienone is 4. The maximum absolute atomic E-state index is 2.16. The molecule has 0 unspecified atom stereocenters. The van der Waals surface area contributed by atoms with Crippen molar-refractivity contribution in [2.75, 3.05) is 0 Å². The van der Waals surface area contributed by atoms with Crippen molar-refractivity contribution < 1.29 is 0 Å². The molecule has 0 saturated carbocycles. The maximum atomic E-state index is 2.16. The SMILES string of the molecule is CC1=CC=CC1.[Ga]. The number of hydrogen-bond acceptors (Lipinski definition) is 0. The summed E-state index contributed by atoms with van der Waals surface area (Å²) in [7, 11) is 0. The van der Waals surface area contributed by atoms with E-state index in [1.54, 1.807) is 0 Å². The van der Waals surface area contributed by atoms with E-state index in [-0.39, 0.29) is 19.8 Å². The van der Waals surface area contributed by atoms with Gasteiger partial charge in [-0.15, -0.1) is 0 Å². The second-order valence-corrected chi connectivity index (χ2v) is 1.65. The average Bonchev–Trinajstić information content (AvgIpc) is 1.86. The van der Waals surface area contributed by atoms with Crippen molar-refractivity contribution >= 4 is 19.8 Å². The molecule has 1 aliphatic carbocycles. The fourth-order valence-electron chi connectivity index (χ4n) is 0.554. The van der Waals surface area contributed by atoms with Crippen molar-refractivity contribution in [3.05, 3.63) is 23.8 Å². The van der Waals surface area contributed by atoms with Gasteiger partial charge in [0.1, 0.15) is 0 Å². The van der Waals surface area contributed by atoms with Crippen molar-refractivity contribution in [1.29, 1.82) is 0 Å². The van der Waals surface area contributed by atoms with Gasteiger partial charge in [0.25, 0.3) is 0 Å². The smallest absolute Gasteiger partial charge is 0 e. The van der Waals surface area contributed by atoms with E-state index < -0.39 is 0 Å². The van der Waals surface area contributed by atoms with E-state index in [4.69, 9.17) is 0 Å². The second-order valence-electron chi connectivity index (χ2n) is 1.65. The molecule has 0 aromatic heterocycles. The van der Waals surface area contributed by atoms with E-state index in [1.165, 1.54) is 12.0 Å². The van der Waals surface area contributed by atoms with Crippen molar-refractivity contribution in [2.24, 2.45) is 0 Å². The van der Waals surface area contributed by atoms with Crippen LogP contribution in [0.3, 0.4) is 0 Å². The Kier molecular flexibility index (Phi) is 3.21. The minimum Gasteiger partial charge on any atom is -0.0805 e. The van der Waals surface area contributed by atoms with E-state index >= 15 is 0 Å². The van der Waals surface area contributed by atoms with Crippen molar-refractivity contribution in [3.63, 3.8) is 0 Å². The van der Waals surface area contributed by atoms with Crippen LogP contribution in [0.15, 0.2) is 23.8 Å². The summed E-state index contributed by atoms with van der Waals surface area (Å²) in [5.41, 5.74) is 1.47. The number of rotatable bonds is 0. The van der Waals surface area contributed by atoms with Gasteiger partial charge in [0.05, 0.1) is 0 Å². The molecule has 0 bridgehead atoms. The fraction of sp³-hybridized carbons (Fsp3) is 0.333. The molecular weight excluding hydrogens is 142 g/mol. The Morgan fingerprint density at radius 3 is 2.43 bits per heavy atom. The summed E-state index contributed by atoms with van der Waals surface area (Å²) >= 11 is 0. The Balaban J connectivity index is 0.000000360. The van der Waals surface area contributed by atoms with Gasteiger partial charge >= 0.3 is 0 Å². The molecule has 1 aliphatic rings. The predicted molar refractivity (Wildman–Crippen MR) is 33.3 cm³/mol. The zero-order chi connectivity index (χ0) is 4.41. The fourth-order valence-corrected chi connectivity index (χ4v) is 0.554. The van der Waals surface area contributed by atoms with E-state index in [1.807, 2.05) is 0 Å². The van der Waals surface area contributed by atoms with Crippen LogP contribution in [0, 0.1) is 0 Å². The monoisotopic (exact) mass is 149 g/mol. The standard InChI is InChI=1S/C6H8.Ga/c1-6-4-2-3-5-6;/h2-4H,5H2,1H3;. The van der Waals surface area contributed by atoms with Crippen LogP contribution in [-0.2, 0) is 0 Å². The van der Waals surface area contributed by atoms with Crippen molar-refractivity contribution in [2.45, 2.75) is 13.3 Å². The third kappa shape index (κ3) is 2.05. The summed E-state index contributed by atoms with van der Waals surface area (Å²) in [6.07, 6.45) is 7.56. The van der Waals surface area contributed by atoms with Crippen LogP contribution < -0.4 is 0 Å². The molecule has 1 heteroatoms. The molecule has 0 nitrogen and oxygen atoms in total. The summed E-state index contributed by atoms with van der Waals surface area (Å²) in [6.45, 7) is 2.14. The molecule has 0 fully saturated rings. The molecule has 0 atom stereocenters. The van der Waals surface area contributed by atoms with Crippen LogP contribution in [0.25, 0.3) is 0 Å². The van der Waals surface area contributed by atoms with Crippen molar-refractivity contribution in [3.8, 4) is 0 Å². The van der Waals surface area contributed by atoms with E-state index in [2.05, 4.69) is 25.2 Å². The predicted octanol–water partition coefficient (Wildman–Crippen LogP) is 1.51. The van der Waals surface area contributed by atoms with Gasteiger partial charge in [-0.2, -0.15) is 0 Å². The first kappa shape index (κ1) is 7.12.